The Balaban J connectivity index is 1.33. The van der Waals surface area contributed by atoms with Gasteiger partial charge in [-0.2, -0.15) is 0 Å². The average Bonchev–Trinajstić information content (AvgIpc) is 3.41. The smallest absolute Gasteiger partial charge is 0.294 e. The van der Waals surface area contributed by atoms with E-state index in [0.717, 1.165) is 6.26 Å². The van der Waals surface area contributed by atoms with E-state index in [9.17, 15) is 28.1 Å². The molecule has 1 saturated heterocycles. The maximum absolute atomic E-state index is 13.7. The molecular formula is C29H29ClN8O7S. The molecule has 0 spiro atoms. The Morgan fingerprint density at radius 1 is 1.04 bits per heavy atom. The standard InChI is InChI=1S/C29H29ClN8O7S/c1-35-27(26(32-34-35)20-6-4-5-7-25(20)45-2)29(40)37-14-12-36(13-15-37)23-17-22(24(38(41)42)16-21(23)30)31-28(39)18-8-10-19(11-9-18)33-46(3,43)44/h4-11,16-17,33H,12-15H2,1-3H3,(H,31,39). The number of rotatable bonds is 9. The summed E-state index contributed by atoms with van der Waals surface area (Å²) >= 11 is 6.49. The zero-order valence-corrected chi connectivity index (χ0v) is 26.5. The first-order valence-electron chi connectivity index (χ1n) is 13.8. The Bertz CT molecular complexity index is 1920. The molecule has 0 bridgehead atoms. The van der Waals surface area contributed by atoms with Crippen LogP contribution in [0.25, 0.3) is 11.3 Å². The summed E-state index contributed by atoms with van der Waals surface area (Å²) in [5.41, 5.74) is 1.70. The lowest BCUT2D eigenvalue weighted by molar-refractivity contribution is -0.383. The third-order valence-corrected chi connectivity index (χ3v) is 8.17. The Hall–Kier alpha value is -5.22. The molecule has 0 atom stereocenters. The van der Waals surface area contributed by atoms with Gasteiger partial charge in [0, 0.05) is 56.1 Å². The van der Waals surface area contributed by atoms with Gasteiger partial charge in [-0.25, -0.2) is 13.1 Å². The van der Waals surface area contributed by atoms with Crippen LogP contribution in [0.15, 0.2) is 60.7 Å². The van der Waals surface area contributed by atoms with Gasteiger partial charge in [0.1, 0.15) is 17.1 Å². The number of halogens is 1. The summed E-state index contributed by atoms with van der Waals surface area (Å²) in [6.07, 6.45) is 1.00. The highest BCUT2D eigenvalue weighted by Gasteiger charge is 2.30. The predicted octanol–water partition coefficient (Wildman–Crippen LogP) is 3.64. The number of nitrogens with zero attached hydrogens (tertiary/aromatic N) is 6. The number of carbonyl (C=O) groups is 2. The summed E-state index contributed by atoms with van der Waals surface area (Å²) < 4.78 is 32.1. The van der Waals surface area contributed by atoms with Crippen molar-refractivity contribution in [3.05, 3.63) is 87.1 Å². The van der Waals surface area contributed by atoms with E-state index < -0.39 is 26.5 Å². The van der Waals surface area contributed by atoms with Gasteiger partial charge in [0.05, 0.1) is 29.0 Å². The molecule has 15 nitrogen and oxygen atoms in total. The fourth-order valence-electron chi connectivity index (χ4n) is 5.06. The molecule has 2 N–H and O–H groups in total. The largest absolute Gasteiger partial charge is 0.496 e. The summed E-state index contributed by atoms with van der Waals surface area (Å²) in [7, 11) is -0.329. The number of piperazine rings is 1. The van der Waals surface area contributed by atoms with Crippen LogP contribution in [0.5, 0.6) is 5.75 Å². The minimum Gasteiger partial charge on any atom is -0.496 e. The summed E-state index contributed by atoms with van der Waals surface area (Å²) in [6.45, 7) is 1.30. The van der Waals surface area contributed by atoms with Crippen molar-refractivity contribution in [2.45, 2.75) is 0 Å². The number of anilines is 3. The molecule has 0 saturated carbocycles. The third kappa shape index (κ3) is 6.87. The molecule has 17 heteroatoms. The molecular weight excluding hydrogens is 640 g/mol. The second kappa shape index (κ2) is 13.0. The van der Waals surface area contributed by atoms with E-state index in [-0.39, 0.29) is 27.9 Å². The second-order valence-corrected chi connectivity index (χ2v) is 12.5. The Morgan fingerprint density at radius 2 is 1.72 bits per heavy atom. The lowest BCUT2D eigenvalue weighted by Crippen LogP contribution is -2.49. The molecule has 46 heavy (non-hydrogen) atoms. The van der Waals surface area contributed by atoms with Gasteiger partial charge < -0.3 is 19.9 Å². The lowest BCUT2D eigenvalue weighted by Gasteiger charge is -2.36. The van der Waals surface area contributed by atoms with Crippen molar-refractivity contribution < 1.29 is 27.7 Å². The van der Waals surface area contributed by atoms with Gasteiger partial charge in [0.15, 0.2) is 5.69 Å². The van der Waals surface area contributed by atoms with Crippen LogP contribution in [0.3, 0.4) is 0 Å². The number of amides is 2. The van der Waals surface area contributed by atoms with Crippen LogP contribution in [-0.4, -0.2) is 84.6 Å². The van der Waals surface area contributed by atoms with E-state index in [0.29, 0.717) is 54.6 Å². The molecule has 0 unspecified atom stereocenters. The van der Waals surface area contributed by atoms with Crippen molar-refractivity contribution in [1.29, 1.82) is 0 Å². The highest BCUT2D eigenvalue weighted by Crippen LogP contribution is 2.37. The van der Waals surface area contributed by atoms with E-state index in [1.165, 1.54) is 48.2 Å². The van der Waals surface area contributed by atoms with Crippen molar-refractivity contribution in [1.82, 2.24) is 19.9 Å². The van der Waals surface area contributed by atoms with E-state index in [1.807, 2.05) is 17.0 Å². The summed E-state index contributed by atoms with van der Waals surface area (Å²) in [6, 6.07) is 15.4. The number of methoxy groups -OCH3 is 1. The zero-order valence-electron chi connectivity index (χ0n) is 24.9. The normalized spacial score (nSPS) is 13.3. The number of carbonyl (C=O) groups excluding carboxylic acids is 2. The summed E-state index contributed by atoms with van der Waals surface area (Å²) in [5.74, 6) is -0.361. The fraction of sp³-hybridized carbons (Fsp3) is 0.241. The van der Waals surface area contributed by atoms with Crippen LogP contribution in [0, 0.1) is 10.1 Å². The molecule has 240 valence electrons. The van der Waals surface area contributed by atoms with Gasteiger partial charge in [0.2, 0.25) is 10.0 Å². The van der Waals surface area contributed by atoms with Crippen LogP contribution in [0.1, 0.15) is 20.8 Å². The SMILES string of the molecule is COc1ccccc1-c1nnn(C)c1C(=O)N1CCN(c2cc(NC(=O)c3ccc(NS(C)(=O)=O)cc3)c([N+](=O)[O-])cc2Cl)CC1. The van der Waals surface area contributed by atoms with E-state index in [1.54, 1.807) is 24.1 Å². The molecule has 5 rings (SSSR count). The van der Waals surface area contributed by atoms with Gasteiger partial charge in [-0.3, -0.25) is 24.4 Å². The molecule has 3 aromatic carbocycles. The first kappa shape index (κ1) is 32.2. The number of ether oxygens (including phenoxy) is 1. The van der Waals surface area contributed by atoms with Crippen LogP contribution in [0.4, 0.5) is 22.7 Å². The highest BCUT2D eigenvalue weighted by molar-refractivity contribution is 7.92. The number of benzene rings is 3. The van der Waals surface area contributed by atoms with Gasteiger partial charge >= 0.3 is 0 Å². The third-order valence-electron chi connectivity index (χ3n) is 7.26. The second-order valence-electron chi connectivity index (χ2n) is 10.4. The van der Waals surface area contributed by atoms with Crippen LogP contribution >= 0.6 is 11.6 Å². The van der Waals surface area contributed by atoms with E-state index in [2.05, 4.69) is 20.4 Å². The van der Waals surface area contributed by atoms with Crippen LogP contribution in [0.2, 0.25) is 5.02 Å². The van der Waals surface area contributed by atoms with Crippen LogP contribution in [-0.2, 0) is 17.1 Å². The quantitative estimate of drug-likeness (QED) is 0.197. The molecule has 1 aliphatic heterocycles. The van der Waals surface area contributed by atoms with E-state index >= 15 is 0 Å². The van der Waals surface area contributed by atoms with Crippen LogP contribution < -0.4 is 19.7 Å². The van der Waals surface area contributed by atoms with Gasteiger partial charge in [0.25, 0.3) is 17.5 Å². The summed E-state index contributed by atoms with van der Waals surface area (Å²) in [4.78, 5) is 41.4. The Kier molecular flexibility index (Phi) is 9.11. The average molecular weight is 669 g/mol. The maximum Gasteiger partial charge on any atom is 0.294 e. The number of hydrogen-bond acceptors (Lipinski definition) is 10. The zero-order chi connectivity index (χ0) is 33.2. The fourth-order valence-corrected chi connectivity index (χ4v) is 5.90. The molecule has 1 aliphatic rings. The Morgan fingerprint density at radius 3 is 2.35 bits per heavy atom. The molecule has 0 aliphatic carbocycles. The minimum atomic E-state index is -3.51. The number of para-hydroxylation sites is 1. The number of nitrogens with one attached hydrogen (secondary N) is 2. The number of nitro benzene ring substituents is 1. The number of hydrogen-bond donors (Lipinski definition) is 2. The highest BCUT2D eigenvalue weighted by atomic mass is 35.5. The van der Waals surface area contributed by atoms with Crippen molar-refractivity contribution in [3.8, 4) is 17.0 Å². The molecule has 2 amide bonds. The minimum absolute atomic E-state index is 0.0753. The summed E-state index contributed by atoms with van der Waals surface area (Å²) in [5, 5.41) is 22.8. The van der Waals surface area contributed by atoms with Gasteiger partial charge in [-0.1, -0.05) is 28.9 Å². The topological polar surface area (TPSA) is 182 Å². The monoisotopic (exact) mass is 668 g/mol. The lowest BCUT2D eigenvalue weighted by atomic mass is 10.1. The van der Waals surface area contributed by atoms with Crippen molar-refractivity contribution in [3.63, 3.8) is 0 Å². The number of aromatic nitrogens is 3. The molecule has 1 fully saturated rings. The van der Waals surface area contributed by atoms with Crippen molar-refractivity contribution in [2.24, 2.45) is 7.05 Å². The van der Waals surface area contributed by atoms with Crippen molar-refractivity contribution >= 4 is 56.2 Å². The molecule has 0 radical (unpaired) electrons. The number of nitro groups is 1. The maximum atomic E-state index is 13.7. The van der Waals surface area contributed by atoms with Gasteiger partial charge in [-0.05, 0) is 42.5 Å². The molecule has 4 aromatic rings. The molecule has 2 heterocycles. The van der Waals surface area contributed by atoms with Gasteiger partial charge in [-0.15, -0.1) is 5.10 Å². The predicted molar refractivity (Wildman–Crippen MR) is 172 cm³/mol. The molecule has 1 aromatic heterocycles. The first-order chi connectivity index (χ1) is 21.9. The van der Waals surface area contributed by atoms with Crippen molar-refractivity contribution in [2.75, 3.05) is 54.5 Å². The number of aryl methyl sites for hydroxylation is 1. The first-order valence-corrected chi connectivity index (χ1v) is 16.1. The number of sulfonamides is 1. The Labute approximate surface area is 268 Å². The van der Waals surface area contributed by atoms with E-state index in [4.69, 9.17) is 16.3 Å².